The van der Waals surface area contributed by atoms with E-state index >= 15 is 0 Å². The van der Waals surface area contributed by atoms with Crippen molar-refractivity contribution < 1.29 is 18.9 Å². The fourth-order valence-electron chi connectivity index (χ4n) is 1.34. The third kappa shape index (κ3) is 5.64. The van der Waals surface area contributed by atoms with Crippen molar-refractivity contribution in [2.45, 2.75) is 6.54 Å². The number of nitrogens with zero attached hydrogens (tertiary/aromatic N) is 1. The van der Waals surface area contributed by atoms with Crippen molar-refractivity contribution in [1.29, 1.82) is 0 Å². The molecule has 1 aromatic rings. The van der Waals surface area contributed by atoms with Gasteiger partial charge in [-0.2, -0.15) is 30.3 Å². The second-order valence-electron chi connectivity index (χ2n) is 3.16. The van der Waals surface area contributed by atoms with Gasteiger partial charge in [-0.15, -0.1) is 18.7 Å². The van der Waals surface area contributed by atoms with Gasteiger partial charge < -0.3 is 0 Å². The molecule has 0 bridgehead atoms. The first-order chi connectivity index (χ1) is 6.86. The first-order valence-corrected chi connectivity index (χ1v) is 4.76. The molecule has 0 saturated carbocycles. The van der Waals surface area contributed by atoms with Crippen molar-refractivity contribution in [3.05, 3.63) is 61.2 Å². The molecular formula is C13H16LiN. The minimum absolute atomic E-state index is 0. The number of rotatable bonds is 6. The monoisotopic (exact) mass is 193 g/mol. The minimum atomic E-state index is 0. The topological polar surface area (TPSA) is 3.24 Å². The molecule has 1 aromatic carbocycles. The molecule has 0 radical (unpaired) electrons. The van der Waals surface area contributed by atoms with E-state index in [1.54, 1.807) is 0 Å². The maximum Gasteiger partial charge on any atom is 1.00 e. The van der Waals surface area contributed by atoms with E-state index in [0.29, 0.717) is 0 Å². The molecule has 0 amide bonds. The Morgan fingerprint density at radius 3 is 2.33 bits per heavy atom. The molecule has 74 valence electrons. The van der Waals surface area contributed by atoms with Gasteiger partial charge in [-0.3, -0.25) is 4.90 Å². The Kier molecular flexibility index (Phi) is 8.13. The second-order valence-corrected chi connectivity index (χ2v) is 3.16. The zero-order valence-corrected chi connectivity index (χ0v) is 9.45. The summed E-state index contributed by atoms with van der Waals surface area (Å²) in [6.45, 7) is 10.1. The summed E-state index contributed by atoms with van der Waals surface area (Å²) in [6, 6.07) is 11.2. The summed E-state index contributed by atoms with van der Waals surface area (Å²) in [4.78, 5) is 2.26. The van der Waals surface area contributed by atoms with Gasteiger partial charge in [0.2, 0.25) is 0 Å². The maximum atomic E-state index is 3.74. The molecule has 0 N–H and O–H groups in total. The molecule has 2 heteroatoms. The van der Waals surface area contributed by atoms with Crippen LogP contribution in [0.25, 0.3) is 0 Å². The van der Waals surface area contributed by atoms with E-state index in [0.717, 1.165) is 19.6 Å². The van der Waals surface area contributed by atoms with Gasteiger partial charge in [0.05, 0.1) is 0 Å². The van der Waals surface area contributed by atoms with Crippen molar-refractivity contribution in [2.75, 3.05) is 13.1 Å². The quantitative estimate of drug-likeness (QED) is 0.339. The van der Waals surface area contributed by atoms with E-state index in [1.165, 1.54) is 5.56 Å². The molecule has 0 saturated heterocycles. The fourth-order valence-corrected chi connectivity index (χ4v) is 1.34. The Balaban J connectivity index is 0.00000196. The van der Waals surface area contributed by atoms with Crippen LogP contribution in [0, 0.1) is 6.07 Å². The summed E-state index contributed by atoms with van der Waals surface area (Å²) < 4.78 is 0. The molecule has 0 aliphatic rings. The van der Waals surface area contributed by atoms with E-state index in [4.69, 9.17) is 0 Å². The second kappa shape index (κ2) is 8.56. The number of hydrogen-bond donors (Lipinski definition) is 0. The summed E-state index contributed by atoms with van der Waals surface area (Å²) in [5, 5.41) is 0. The maximum absolute atomic E-state index is 3.74. The van der Waals surface area contributed by atoms with Gasteiger partial charge in [0.25, 0.3) is 0 Å². The fraction of sp³-hybridized carbons (Fsp3) is 0.231. The van der Waals surface area contributed by atoms with Crippen LogP contribution in [0.4, 0.5) is 0 Å². The minimum Gasteiger partial charge on any atom is -0.294 e. The van der Waals surface area contributed by atoms with Crippen LogP contribution in [0.5, 0.6) is 0 Å². The Hall–Kier alpha value is -0.743. The van der Waals surface area contributed by atoms with E-state index in [1.807, 2.05) is 30.4 Å². The van der Waals surface area contributed by atoms with Crippen LogP contribution in [0.3, 0.4) is 0 Å². The van der Waals surface area contributed by atoms with Crippen LogP contribution in [0.15, 0.2) is 49.6 Å². The van der Waals surface area contributed by atoms with Crippen LogP contribution < -0.4 is 18.9 Å². The molecule has 0 fully saturated rings. The molecule has 0 unspecified atom stereocenters. The first kappa shape index (κ1) is 14.3. The Morgan fingerprint density at radius 2 is 1.87 bits per heavy atom. The Morgan fingerprint density at radius 1 is 1.20 bits per heavy atom. The predicted octanol–water partition coefficient (Wildman–Crippen LogP) is -0.335. The normalized spacial score (nSPS) is 9.40. The Bertz CT molecular complexity index is 272. The zero-order valence-electron chi connectivity index (χ0n) is 9.45. The van der Waals surface area contributed by atoms with Crippen LogP contribution in [-0.2, 0) is 6.54 Å². The van der Waals surface area contributed by atoms with Gasteiger partial charge in [0, 0.05) is 19.6 Å². The van der Waals surface area contributed by atoms with Crippen LogP contribution in [0.1, 0.15) is 5.56 Å². The zero-order chi connectivity index (χ0) is 10.2. The molecule has 1 nitrogen and oxygen atoms in total. The average Bonchev–Trinajstić information content (AvgIpc) is 2.20. The molecule has 0 aliphatic heterocycles. The Labute approximate surface area is 105 Å². The van der Waals surface area contributed by atoms with Crippen molar-refractivity contribution in [1.82, 2.24) is 4.90 Å². The van der Waals surface area contributed by atoms with Crippen molar-refractivity contribution in [3.8, 4) is 0 Å². The molecule has 0 aromatic heterocycles. The van der Waals surface area contributed by atoms with Gasteiger partial charge in [-0.05, 0) is 0 Å². The summed E-state index contributed by atoms with van der Waals surface area (Å²) >= 11 is 0. The third-order valence-corrected chi connectivity index (χ3v) is 1.94. The molecule has 0 heterocycles. The summed E-state index contributed by atoms with van der Waals surface area (Å²) in [7, 11) is 0. The third-order valence-electron chi connectivity index (χ3n) is 1.94. The van der Waals surface area contributed by atoms with Gasteiger partial charge in [-0.1, -0.05) is 12.2 Å². The first-order valence-electron chi connectivity index (χ1n) is 4.76. The molecule has 1 rings (SSSR count). The summed E-state index contributed by atoms with van der Waals surface area (Å²) in [5.74, 6) is 0. The van der Waals surface area contributed by atoms with Crippen molar-refractivity contribution >= 4 is 0 Å². The average molecular weight is 193 g/mol. The molecule has 0 aliphatic carbocycles. The smallest absolute Gasteiger partial charge is 0.294 e. The van der Waals surface area contributed by atoms with E-state index in [-0.39, 0.29) is 18.9 Å². The van der Waals surface area contributed by atoms with E-state index in [2.05, 4.69) is 30.2 Å². The summed E-state index contributed by atoms with van der Waals surface area (Å²) in [6.07, 6.45) is 3.82. The number of hydrogen-bond acceptors (Lipinski definition) is 1. The molecular weight excluding hydrogens is 177 g/mol. The van der Waals surface area contributed by atoms with Crippen LogP contribution in [-0.4, -0.2) is 18.0 Å². The van der Waals surface area contributed by atoms with E-state index < -0.39 is 0 Å². The van der Waals surface area contributed by atoms with Gasteiger partial charge in [-0.25, -0.2) is 0 Å². The largest absolute Gasteiger partial charge is 1.00 e. The SMILES string of the molecule is C=CCN(CC=C)Cc1[c-]cccc1.[Li+]. The summed E-state index contributed by atoms with van der Waals surface area (Å²) in [5.41, 5.74) is 1.20. The standard InChI is InChI=1S/C13H16N.Li/c1-3-10-14(11-4-2)12-13-8-6-5-7-9-13;/h3-8H,1-2,10-12H2;/q-1;+1. The molecule has 15 heavy (non-hydrogen) atoms. The van der Waals surface area contributed by atoms with Gasteiger partial charge in [0.15, 0.2) is 0 Å². The van der Waals surface area contributed by atoms with Gasteiger partial charge in [0.1, 0.15) is 0 Å². The molecule has 0 atom stereocenters. The van der Waals surface area contributed by atoms with Crippen LogP contribution in [0.2, 0.25) is 0 Å². The van der Waals surface area contributed by atoms with Crippen LogP contribution >= 0.6 is 0 Å². The van der Waals surface area contributed by atoms with E-state index in [9.17, 15) is 0 Å². The molecule has 0 spiro atoms. The van der Waals surface area contributed by atoms with Gasteiger partial charge >= 0.3 is 18.9 Å². The van der Waals surface area contributed by atoms with Crippen molar-refractivity contribution in [2.24, 2.45) is 0 Å². The number of benzene rings is 1. The van der Waals surface area contributed by atoms with Crippen molar-refractivity contribution in [3.63, 3.8) is 0 Å². The predicted molar refractivity (Wildman–Crippen MR) is 60.9 cm³/mol.